The Bertz CT molecular complexity index is 674. The van der Waals surface area contributed by atoms with Gasteiger partial charge in [-0.15, -0.1) is 0 Å². The van der Waals surface area contributed by atoms with Gasteiger partial charge in [-0.3, -0.25) is 4.79 Å². The smallest absolute Gasteiger partial charge is 0.144 e. The fourth-order valence-corrected chi connectivity index (χ4v) is 4.14. The van der Waals surface area contributed by atoms with Crippen LogP contribution in [0.15, 0.2) is 48.5 Å². The third kappa shape index (κ3) is 2.80. The van der Waals surface area contributed by atoms with Crippen LogP contribution in [-0.4, -0.2) is 18.9 Å². The molecule has 0 fully saturated rings. The molecule has 1 aliphatic carbocycles. The third-order valence-corrected chi connectivity index (χ3v) is 5.32. The average molecular weight is 321 g/mol. The van der Waals surface area contributed by atoms with Gasteiger partial charge in [0, 0.05) is 0 Å². The van der Waals surface area contributed by atoms with Crippen LogP contribution in [-0.2, 0) is 10.2 Å². The lowest BCUT2D eigenvalue weighted by Crippen LogP contribution is -2.33. The van der Waals surface area contributed by atoms with Gasteiger partial charge in [-0.05, 0) is 55.1 Å². The van der Waals surface area contributed by atoms with Gasteiger partial charge in [-0.1, -0.05) is 68.3 Å². The highest BCUT2D eigenvalue weighted by Gasteiger charge is 2.45. The summed E-state index contributed by atoms with van der Waals surface area (Å²) in [5.41, 5.74) is 4.41. The highest BCUT2D eigenvalue weighted by Crippen LogP contribution is 2.51. The van der Waals surface area contributed by atoms with E-state index in [9.17, 15) is 4.79 Å². The first-order chi connectivity index (χ1) is 11.7. The largest absolute Gasteiger partial charge is 0.317 e. The number of Topliss-reactive ketones (excluding diaryl/α,β-unsaturated/α-hetero) is 1. The molecular weight excluding hydrogens is 294 g/mol. The first-order valence-electron chi connectivity index (χ1n) is 9.13. The van der Waals surface area contributed by atoms with Crippen LogP contribution < -0.4 is 5.32 Å². The molecule has 0 heterocycles. The molecule has 0 spiro atoms. The van der Waals surface area contributed by atoms with E-state index in [2.05, 4.69) is 60.8 Å². The van der Waals surface area contributed by atoms with Crippen molar-refractivity contribution in [1.29, 1.82) is 0 Å². The predicted molar refractivity (Wildman–Crippen MR) is 100 cm³/mol. The molecule has 126 valence electrons. The van der Waals surface area contributed by atoms with Crippen molar-refractivity contribution in [3.8, 4) is 11.1 Å². The van der Waals surface area contributed by atoms with Crippen molar-refractivity contribution < 1.29 is 4.79 Å². The second kappa shape index (κ2) is 7.31. The quantitative estimate of drug-likeness (QED) is 0.713. The Morgan fingerprint density at radius 3 is 2.04 bits per heavy atom. The zero-order valence-corrected chi connectivity index (χ0v) is 14.8. The molecule has 3 rings (SSSR count). The zero-order chi connectivity index (χ0) is 17.0. The van der Waals surface area contributed by atoms with Gasteiger partial charge in [0.2, 0.25) is 0 Å². The van der Waals surface area contributed by atoms with Crippen LogP contribution in [0.4, 0.5) is 0 Å². The number of hydrogen-bond donors (Lipinski definition) is 1. The predicted octanol–water partition coefficient (Wildman–Crippen LogP) is 4.71. The van der Waals surface area contributed by atoms with E-state index in [0.717, 1.165) is 32.4 Å². The Morgan fingerprint density at radius 2 is 1.50 bits per heavy atom. The number of unbranched alkanes of at least 4 members (excludes halogenated alkanes) is 2. The number of carbonyl (C=O) groups excluding carboxylic acids is 1. The summed E-state index contributed by atoms with van der Waals surface area (Å²) in [5, 5.41) is 3.37. The Labute approximate surface area is 145 Å². The number of fused-ring (bicyclic) bond motifs is 3. The summed E-state index contributed by atoms with van der Waals surface area (Å²) in [6.45, 7) is 5.99. The highest BCUT2D eigenvalue weighted by molar-refractivity contribution is 6.00. The van der Waals surface area contributed by atoms with E-state index in [-0.39, 0.29) is 5.78 Å². The Balaban J connectivity index is 1.90. The lowest BCUT2D eigenvalue weighted by molar-refractivity contribution is -0.121. The maximum absolute atomic E-state index is 12.8. The lowest BCUT2D eigenvalue weighted by atomic mass is 9.71. The van der Waals surface area contributed by atoms with Crippen LogP contribution in [0.25, 0.3) is 11.1 Å². The summed E-state index contributed by atoms with van der Waals surface area (Å²) in [5.74, 6) is 0.270. The number of ketones is 1. The number of benzene rings is 2. The van der Waals surface area contributed by atoms with Gasteiger partial charge in [0.05, 0.1) is 5.41 Å². The van der Waals surface area contributed by atoms with Gasteiger partial charge in [0.1, 0.15) is 5.78 Å². The summed E-state index contributed by atoms with van der Waals surface area (Å²) in [7, 11) is 0. The van der Waals surface area contributed by atoms with Crippen molar-refractivity contribution in [3.63, 3.8) is 0 Å². The van der Waals surface area contributed by atoms with Crippen molar-refractivity contribution in [2.24, 2.45) is 0 Å². The van der Waals surface area contributed by atoms with Gasteiger partial charge in [0.25, 0.3) is 0 Å². The van der Waals surface area contributed by atoms with E-state index < -0.39 is 5.41 Å². The van der Waals surface area contributed by atoms with Gasteiger partial charge in [-0.25, -0.2) is 0 Å². The first-order valence-corrected chi connectivity index (χ1v) is 9.13. The lowest BCUT2D eigenvalue weighted by Gasteiger charge is -2.29. The van der Waals surface area contributed by atoms with E-state index in [1.54, 1.807) is 6.92 Å². The van der Waals surface area contributed by atoms with Crippen LogP contribution >= 0.6 is 0 Å². The molecule has 2 heteroatoms. The maximum atomic E-state index is 12.8. The summed E-state index contributed by atoms with van der Waals surface area (Å²) in [4.78, 5) is 12.8. The van der Waals surface area contributed by atoms with Crippen molar-refractivity contribution >= 4 is 5.78 Å². The molecular formula is C22H27NO. The number of rotatable bonds is 8. The maximum Gasteiger partial charge on any atom is 0.144 e. The molecule has 0 amide bonds. The summed E-state index contributed by atoms with van der Waals surface area (Å²) in [6, 6.07) is 16.9. The van der Waals surface area contributed by atoms with Crippen LogP contribution in [0.5, 0.6) is 0 Å². The number of carbonyl (C=O) groups is 1. The minimum atomic E-state index is -0.453. The number of hydrogen-bond acceptors (Lipinski definition) is 2. The molecule has 0 unspecified atom stereocenters. The van der Waals surface area contributed by atoms with Crippen molar-refractivity contribution in [1.82, 2.24) is 5.32 Å². The molecule has 2 aromatic carbocycles. The molecule has 1 aliphatic rings. The Hall–Kier alpha value is -1.93. The SMILES string of the molecule is CCNCCCCCC1(C(C)=O)c2ccccc2-c2ccccc21. The molecule has 0 bridgehead atoms. The molecule has 0 aromatic heterocycles. The molecule has 0 aliphatic heterocycles. The average Bonchev–Trinajstić information content (AvgIpc) is 2.90. The van der Waals surface area contributed by atoms with E-state index in [1.165, 1.54) is 28.7 Å². The molecule has 2 aromatic rings. The fourth-order valence-electron chi connectivity index (χ4n) is 4.14. The zero-order valence-electron chi connectivity index (χ0n) is 14.8. The van der Waals surface area contributed by atoms with Crippen LogP contribution in [0.3, 0.4) is 0 Å². The fraction of sp³-hybridized carbons (Fsp3) is 0.409. The van der Waals surface area contributed by atoms with E-state index >= 15 is 0 Å². The molecule has 0 radical (unpaired) electrons. The van der Waals surface area contributed by atoms with E-state index in [0.29, 0.717) is 0 Å². The van der Waals surface area contributed by atoms with Crippen LogP contribution in [0.1, 0.15) is 50.7 Å². The molecule has 0 atom stereocenters. The molecule has 24 heavy (non-hydrogen) atoms. The van der Waals surface area contributed by atoms with Gasteiger partial charge < -0.3 is 5.32 Å². The second-order valence-corrected chi connectivity index (χ2v) is 6.72. The van der Waals surface area contributed by atoms with Crippen molar-refractivity contribution in [2.75, 3.05) is 13.1 Å². The highest BCUT2D eigenvalue weighted by atomic mass is 16.1. The minimum Gasteiger partial charge on any atom is -0.317 e. The molecule has 2 nitrogen and oxygen atoms in total. The summed E-state index contributed by atoms with van der Waals surface area (Å²) < 4.78 is 0. The van der Waals surface area contributed by atoms with Gasteiger partial charge in [0.15, 0.2) is 0 Å². The van der Waals surface area contributed by atoms with E-state index in [4.69, 9.17) is 0 Å². The van der Waals surface area contributed by atoms with E-state index in [1.807, 2.05) is 0 Å². The third-order valence-electron chi connectivity index (χ3n) is 5.32. The summed E-state index contributed by atoms with van der Waals surface area (Å²) in [6.07, 6.45) is 4.31. The normalized spacial score (nSPS) is 14.2. The molecule has 0 saturated heterocycles. The topological polar surface area (TPSA) is 29.1 Å². The molecule has 0 saturated carbocycles. The minimum absolute atomic E-state index is 0.270. The standard InChI is InChI=1S/C22H27NO/c1-3-23-16-10-4-9-15-22(17(2)24)20-13-7-5-11-18(20)19-12-6-8-14-21(19)22/h5-8,11-14,23H,3-4,9-10,15-16H2,1-2H3. The van der Waals surface area contributed by atoms with Crippen molar-refractivity contribution in [3.05, 3.63) is 59.7 Å². The Morgan fingerprint density at radius 1 is 0.917 bits per heavy atom. The summed E-state index contributed by atoms with van der Waals surface area (Å²) >= 11 is 0. The van der Waals surface area contributed by atoms with Crippen LogP contribution in [0, 0.1) is 0 Å². The number of nitrogens with one attached hydrogen (secondary N) is 1. The van der Waals surface area contributed by atoms with Gasteiger partial charge >= 0.3 is 0 Å². The van der Waals surface area contributed by atoms with Gasteiger partial charge in [-0.2, -0.15) is 0 Å². The van der Waals surface area contributed by atoms with Crippen LogP contribution in [0.2, 0.25) is 0 Å². The Kier molecular flexibility index (Phi) is 5.15. The second-order valence-electron chi connectivity index (χ2n) is 6.72. The first kappa shape index (κ1) is 16.9. The monoisotopic (exact) mass is 321 g/mol. The molecule has 1 N–H and O–H groups in total. The van der Waals surface area contributed by atoms with Crippen molar-refractivity contribution in [2.45, 2.75) is 44.9 Å².